The van der Waals surface area contributed by atoms with E-state index < -0.39 is 0 Å². The van der Waals surface area contributed by atoms with Crippen molar-refractivity contribution < 1.29 is 5.11 Å². The zero-order valence-corrected chi connectivity index (χ0v) is 12.6. The molecule has 2 aromatic carbocycles. The molecule has 1 aliphatic rings. The lowest BCUT2D eigenvalue weighted by Crippen LogP contribution is -2.03. The van der Waals surface area contributed by atoms with Gasteiger partial charge in [0.2, 0.25) is 0 Å². The Labute approximate surface area is 137 Å². The fraction of sp³-hybridized carbons (Fsp3) is 0. The summed E-state index contributed by atoms with van der Waals surface area (Å²) in [7, 11) is 0. The number of para-hydroxylation sites is 1. The van der Waals surface area contributed by atoms with Crippen molar-refractivity contribution in [3.8, 4) is 17.0 Å². The molecule has 2 aromatic heterocycles. The van der Waals surface area contributed by atoms with Crippen LogP contribution in [0.3, 0.4) is 0 Å². The Hall–Kier alpha value is -3.47. The highest BCUT2D eigenvalue weighted by atomic mass is 16.3. The van der Waals surface area contributed by atoms with Crippen LogP contribution in [-0.4, -0.2) is 25.4 Å². The minimum atomic E-state index is 0.235. The Kier molecular flexibility index (Phi) is 2.58. The molecule has 4 aromatic rings. The number of rotatable bonds is 1. The van der Waals surface area contributed by atoms with E-state index in [0.717, 1.165) is 39.3 Å². The van der Waals surface area contributed by atoms with E-state index in [1.165, 1.54) is 0 Å². The standard InChI is InChI=1S/C19H12N4O/c24-13-7-5-12(6-8-13)17-15-9-10-23-19(15)18(20-11-21-23)14-3-1-2-4-16(14)22-17/h1-11,24H. The number of nitrogens with zero attached hydrogens (tertiary/aromatic N) is 4. The van der Waals surface area contributed by atoms with Gasteiger partial charge in [-0.15, -0.1) is 0 Å². The smallest absolute Gasteiger partial charge is 0.137 e. The monoisotopic (exact) mass is 312 g/mol. The first kappa shape index (κ1) is 13.0. The van der Waals surface area contributed by atoms with E-state index in [9.17, 15) is 5.11 Å². The lowest BCUT2D eigenvalue weighted by molar-refractivity contribution is 0.475. The Balaban J connectivity index is 1.91. The Morgan fingerprint density at radius 2 is 1.71 bits per heavy atom. The summed E-state index contributed by atoms with van der Waals surface area (Å²) in [5, 5.41) is 13.9. The number of hydrogen-bond donors (Lipinski definition) is 1. The van der Waals surface area contributed by atoms with Gasteiger partial charge < -0.3 is 5.11 Å². The molecular formula is C19H12N4O. The predicted octanol–water partition coefficient (Wildman–Crippen LogP) is 3.58. The summed E-state index contributed by atoms with van der Waals surface area (Å²) in [4.78, 5) is 9.41. The highest BCUT2D eigenvalue weighted by Gasteiger charge is 2.22. The van der Waals surface area contributed by atoms with E-state index in [2.05, 4.69) is 10.1 Å². The molecule has 0 unspecified atom stereocenters. The molecule has 0 saturated heterocycles. The van der Waals surface area contributed by atoms with Crippen LogP contribution in [0.2, 0.25) is 0 Å². The van der Waals surface area contributed by atoms with Crippen LogP contribution in [0.4, 0.5) is 5.69 Å². The Bertz CT molecular complexity index is 1110. The van der Waals surface area contributed by atoms with Crippen molar-refractivity contribution in [2.75, 3.05) is 0 Å². The van der Waals surface area contributed by atoms with Gasteiger partial charge in [0.15, 0.2) is 0 Å². The third-order valence-corrected chi connectivity index (χ3v) is 4.24. The molecule has 5 rings (SSSR count). The van der Waals surface area contributed by atoms with Gasteiger partial charge in [-0.25, -0.2) is 14.5 Å². The summed E-state index contributed by atoms with van der Waals surface area (Å²) in [5.41, 5.74) is 6.43. The van der Waals surface area contributed by atoms with Gasteiger partial charge in [-0.05, 0) is 36.4 Å². The summed E-state index contributed by atoms with van der Waals surface area (Å²) >= 11 is 0. The summed E-state index contributed by atoms with van der Waals surface area (Å²) in [5.74, 6) is 0.235. The highest BCUT2D eigenvalue weighted by Crippen LogP contribution is 2.37. The van der Waals surface area contributed by atoms with E-state index in [-0.39, 0.29) is 5.75 Å². The molecule has 5 heteroatoms. The number of hydrogen-bond acceptors (Lipinski definition) is 4. The van der Waals surface area contributed by atoms with Crippen LogP contribution in [-0.2, 0) is 0 Å². The lowest BCUT2D eigenvalue weighted by Gasteiger charge is -2.05. The predicted molar refractivity (Wildman–Crippen MR) is 91.8 cm³/mol. The van der Waals surface area contributed by atoms with Crippen molar-refractivity contribution in [3.63, 3.8) is 0 Å². The fourth-order valence-electron chi connectivity index (χ4n) is 3.13. The number of phenolic OH excluding ortho intramolecular Hbond substituents is 1. The van der Waals surface area contributed by atoms with Crippen LogP contribution in [0.15, 0.2) is 72.1 Å². The lowest BCUT2D eigenvalue weighted by atomic mass is 10.0. The number of aromatic hydroxyl groups is 1. The Morgan fingerprint density at radius 1 is 0.875 bits per heavy atom. The first-order valence-corrected chi connectivity index (χ1v) is 7.61. The van der Waals surface area contributed by atoms with Gasteiger partial charge in [0.25, 0.3) is 0 Å². The molecule has 114 valence electrons. The van der Waals surface area contributed by atoms with Crippen LogP contribution in [0, 0.1) is 0 Å². The third kappa shape index (κ3) is 1.78. The van der Waals surface area contributed by atoms with Crippen LogP contribution in [0.25, 0.3) is 16.8 Å². The summed E-state index contributed by atoms with van der Waals surface area (Å²) in [6.07, 6.45) is 3.48. The topological polar surface area (TPSA) is 62.8 Å². The van der Waals surface area contributed by atoms with Gasteiger partial charge in [-0.2, -0.15) is 5.10 Å². The summed E-state index contributed by atoms with van der Waals surface area (Å²) in [6.45, 7) is 0. The van der Waals surface area contributed by atoms with Crippen LogP contribution in [0.5, 0.6) is 5.75 Å². The third-order valence-electron chi connectivity index (χ3n) is 4.24. The molecule has 0 saturated carbocycles. The minimum absolute atomic E-state index is 0.235. The molecule has 1 N–H and O–H groups in total. The van der Waals surface area contributed by atoms with Crippen molar-refractivity contribution in [1.82, 2.24) is 14.6 Å². The molecule has 5 nitrogen and oxygen atoms in total. The van der Waals surface area contributed by atoms with Gasteiger partial charge >= 0.3 is 0 Å². The molecule has 0 spiro atoms. The molecule has 0 atom stereocenters. The molecule has 0 radical (unpaired) electrons. The van der Waals surface area contributed by atoms with Gasteiger partial charge in [0.1, 0.15) is 23.3 Å². The second-order valence-corrected chi connectivity index (χ2v) is 5.66. The van der Waals surface area contributed by atoms with E-state index in [4.69, 9.17) is 4.99 Å². The quantitative estimate of drug-likeness (QED) is 0.514. The van der Waals surface area contributed by atoms with Crippen LogP contribution < -0.4 is 0 Å². The van der Waals surface area contributed by atoms with Gasteiger partial charge in [-0.1, -0.05) is 18.2 Å². The first-order valence-electron chi connectivity index (χ1n) is 7.61. The maximum absolute atomic E-state index is 9.57. The zero-order valence-electron chi connectivity index (χ0n) is 12.6. The molecule has 0 fully saturated rings. The average Bonchev–Trinajstić information content (AvgIpc) is 2.98. The van der Waals surface area contributed by atoms with Crippen LogP contribution in [0.1, 0.15) is 11.1 Å². The maximum Gasteiger partial charge on any atom is 0.137 e. The highest BCUT2D eigenvalue weighted by molar-refractivity contribution is 6.20. The second kappa shape index (κ2) is 4.76. The van der Waals surface area contributed by atoms with Crippen molar-refractivity contribution in [2.45, 2.75) is 0 Å². The largest absolute Gasteiger partial charge is 0.508 e. The van der Waals surface area contributed by atoms with Crippen molar-refractivity contribution >= 4 is 16.9 Å². The van der Waals surface area contributed by atoms with E-state index in [0.29, 0.717) is 0 Å². The van der Waals surface area contributed by atoms with Crippen molar-refractivity contribution in [3.05, 3.63) is 78.2 Å². The maximum atomic E-state index is 9.57. The first-order chi connectivity index (χ1) is 11.8. The van der Waals surface area contributed by atoms with E-state index >= 15 is 0 Å². The van der Waals surface area contributed by atoms with Gasteiger partial charge in [0.05, 0.1) is 11.4 Å². The van der Waals surface area contributed by atoms with Gasteiger partial charge in [0, 0.05) is 22.9 Å². The second-order valence-electron chi connectivity index (χ2n) is 5.66. The average molecular weight is 312 g/mol. The minimum Gasteiger partial charge on any atom is -0.508 e. The normalized spacial score (nSPS) is 12.6. The molecule has 0 bridgehead atoms. The van der Waals surface area contributed by atoms with Crippen molar-refractivity contribution in [2.24, 2.45) is 4.99 Å². The van der Waals surface area contributed by atoms with E-state index in [1.807, 2.05) is 53.2 Å². The summed E-state index contributed by atoms with van der Waals surface area (Å²) in [6, 6.07) is 17.1. The summed E-state index contributed by atoms with van der Waals surface area (Å²) < 4.78 is 1.83. The molecule has 24 heavy (non-hydrogen) atoms. The zero-order chi connectivity index (χ0) is 16.1. The number of aromatic nitrogens is 3. The van der Waals surface area contributed by atoms with E-state index in [1.54, 1.807) is 18.5 Å². The molecular weight excluding hydrogens is 300 g/mol. The number of phenols is 1. The van der Waals surface area contributed by atoms with Gasteiger partial charge in [-0.3, -0.25) is 0 Å². The molecule has 3 heterocycles. The van der Waals surface area contributed by atoms with Crippen molar-refractivity contribution in [1.29, 1.82) is 0 Å². The SMILES string of the molecule is Oc1ccc(C2=Nc3ccccc3-c3ncnn4ccc2c34)cc1. The molecule has 1 aliphatic heterocycles. The number of fused-ring (bicyclic) bond motifs is 2. The Morgan fingerprint density at radius 3 is 2.58 bits per heavy atom. The number of aliphatic imine (C=N–C) groups is 1. The fourth-order valence-corrected chi connectivity index (χ4v) is 3.13. The molecule has 0 aliphatic carbocycles. The molecule has 0 amide bonds. The number of benzene rings is 2. The van der Waals surface area contributed by atoms with Crippen LogP contribution >= 0.6 is 0 Å².